The number of carbonyl (C=O) groups excluding carboxylic acids is 1. The van der Waals surface area contributed by atoms with Gasteiger partial charge in [-0.25, -0.2) is 0 Å². The smallest absolute Gasteiger partial charge is 0.137 e. The molecule has 0 aromatic carbocycles. The van der Waals surface area contributed by atoms with E-state index in [-0.39, 0.29) is 5.78 Å². The third-order valence-electron chi connectivity index (χ3n) is 1.92. The zero-order valence-electron chi connectivity index (χ0n) is 7.87. The van der Waals surface area contributed by atoms with Crippen LogP contribution in [0.3, 0.4) is 0 Å². The van der Waals surface area contributed by atoms with Gasteiger partial charge in [0.2, 0.25) is 0 Å². The van der Waals surface area contributed by atoms with Crippen molar-refractivity contribution in [2.75, 3.05) is 11.6 Å². The molecule has 0 bridgehead atoms. The molecule has 1 aromatic heterocycles. The van der Waals surface area contributed by atoms with Gasteiger partial charge in [-0.3, -0.25) is 9.78 Å². The highest BCUT2D eigenvalue weighted by atomic mass is 35.5. The number of ketones is 1. The lowest BCUT2D eigenvalue weighted by Gasteiger charge is -2.02. The molecule has 0 unspecified atom stereocenters. The molecule has 3 nitrogen and oxygen atoms in total. The van der Waals surface area contributed by atoms with Gasteiger partial charge in [-0.15, -0.1) is 11.6 Å². The number of carbonyl (C=O) groups is 1. The van der Waals surface area contributed by atoms with Crippen LogP contribution in [-0.2, 0) is 11.2 Å². The molecule has 76 valence electrons. The molecule has 0 radical (unpaired) electrons. The topological polar surface area (TPSA) is 56.0 Å². The molecule has 0 amide bonds. The zero-order chi connectivity index (χ0) is 10.4. The molecular weight excluding hydrogens is 200 g/mol. The fourth-order valence-corrected chi connectivity index (χ4v) is 1.28. The summed E-state index contributed by atoms with van der Waals surface area (Å²) < 4.78 is 0. The Morgan fingerprint density at radius 1 is 1.57 bits per heavy atom. The van der Waals surface area contributed by atoms with Gasteiger partial charge in [0.15, 0.2) is 0 Å². The Balaban J connectivity index is 2.52. The summed E-state index contributed by atoms with van der Waals surface area (Å²) >= 11 is 5.49. The first-order chi connectivity index (χ1) is 6.74. The molecule has 1 aromatic rings. The van der Waals surface area contributed by atoms with E-state index in [1.807, 2.05) is 0 Å². The van der Waals surface area contributed by atoms with Gasteiger partial charge in [-0.05, 0) is 12.5 Å². The summed E-state index contributed by atoms with van der Waals surface area (Å²) in [5, 5.41) is 0. The fourth-order valence-electron chi connectivity index (χ4n) is 1.15. The quantitative estimate of drug-likeness (QED) is 0.758. The van der Waals surface area contributed by atoms with Gasteiger partial charge in [0.05, 0.1) is 0 Å². The van der Waals surface area contributed by atoms with Crippen LogP contribution < -0.4 is 5.73 Å². The SMILES string of the molecule is Nc1ccncc1CC(=O)CCCCl. The van der Waals surface area contributed by atoms with Crippen molar-refractivity contribution in [3.8, 4) is 0 Å². The van der Waals surface area contributed by atoms with E-state index >= 15 is 0 Å². The van der Waals surface area contributed by atoms with E-state index in [9.17, 15) is 4.79 Å². The standard InChI is InChI=1S/C10H13ClN2O/c11-4-1-2-9(14)6-8-7-13-5-3-10(8)12/h3,5,7H,1-2,4,6H2,(H2,12,13). The van der Waals surface area contributed by atoms with Crippen molar-refractivity contribution < 1.29 is 4.79 Å². The van der Waals surface area contributed by atoms with Gasteiger partial charge >= 0.3 is 0 Å². The molecule has 0 saturated heterocycles. The molecule has 14 heavy (non-hydrogen) atoms. The molecule has 0 saturated carbocycles. The molecule has 2 N–H and O–H groups in total. The summed E-state index contributed by atoms with van der Waals surface area (Å²) in [5.41, 5.74) is 7.10. The molecule has 1 rings (SSSR count). The molecule has 0 spiro atoms. The van der Waals surface area contributed by atoms with Crippen LogP contribution in [0.1, 0.15) is 18.4 Å². The summed E-state index contributed by atoms with van der Waals surface area (Å²) in [6.07, 6.45) is 4.84. The third-order valence-corrected chi connectivity index (χ3v) is 2.19. The zero-order valence-corrected chi connectivity index (χ0v) is 8.63. The number of anilines is 1. The fraction of sp³-hybridized carbons (Fsp3) is 0.400. The number of pyridine rings is 1. The molecule has 0 aliphatic rings. The molecular formula is C10H13ClN2O. The van der Waals surface area contributed by atoms with E-state index in [0.29, 0.717) is 24.4 Å². The second kappa shape index (κ2) is 5.60. The van der Waals surface area contributed by atoms with E-state index in [0.717, 1.165) is 12.0 Å². The van der Waals surface area contributed by atoms with Gasteiger partial charge < -0.3 is 5.73 Å². The van der Waals surface area contributed by atoms with Crippen molar-refractivity contribution >= 4 is 23.1 Å². The number of nitrogens with two attached hydrogens (primary N) is 1. The molecule has 0 fully saturated rings. The Kier molecular flexibility index (Phi) is 4.40. The third kappa shape index (κ3) is 3.34. The summed E-state index contributed by atoms with van der Waals surface area (Å²) in [7, 11) is 0. The molecule has 1 heterocycles. The van der Waals surface area contributed by atoms with Crippen molar-refractivity contribution in [2.45, 2.75) is 19.3 Å². The molecule has 4 heteroatoms. The maximum atomic E-state index is 11.4. The van der Waals surface area contributed by atoms with Crippen molar-refractivity contribution in [3.63, 3.8) is 0 Å². The van der Waals surface area contributed by atoms with Crippen LogP contribution in [0.25, 0.3) is 0 Å². The summed E-state index contributed by atoms with van der Waals surface area (Å²) in [6, 6.07) is 1.70. The van der Waals surface area contributed by atoms with E-state index < -0.39 is 0 Å². The van der Waals surface area contributed by atoms with Gasteiger partial charge in [-0.2, -0.15) is 0 Å². The highest BCUT2D eigenvalue weighted by Crippen LogP contribution is 2.11. The Morgan fingerprint density at radius 2 is 2.36 bits per heavy atom. The van der Waals surface area contributed by atoms with Crippen LogP contribution in [0.15, 0.2) is 18.5 Å². The first kappa shape index (κ1) is 11.0. The van der Waals surface area contributed by atoms with Crippen LogP contribution in [-0.4, -0.2) is 16.6 Å². The second-order valence-corrected chi connectivity index (χ2v) is 3.46. The lowest BCUT2D eigenvalue weighted by Crippen LogP contribution is -2.05. The molecule has 0 aliphatic heterocycles. The number of alkyl halides is 1. The van der Waals surface area contributed by atoms with Crippen LogP contribution >= 0.6 is 11.6 Å². The Labute approximate surface area is 88.3 Å². The van der Waals surface area contributed by atoms with Gasteiger partial charge in [0, 0.05) is 42.4 Å². The predicted octanol–water partition coefficient (Wildman–Crippen LogP) is 1.79. The number of Topliss-reactive ketones (excluding diaryl/α,β-unsaturated/α-hetero) is 1. The Morgan fingerprint density at radius 3 is 3.00 bits per heavy atom. The van der Waals surface area contributed by atoms with Crippen molar-refractivity contribution in [2.24, 2.45) is 0 Å². The maximum Gasteiger partial charge on any atom is 0.137 e. The van der Waals surface area contributed by atoms with Crippen molar-refractivity contribution in [3.05, 3.63) is 24.0 Å². The second-order valence-electron chi connectivity index (χ2n) is 3.08. The lowest BCUT2D eigenvalue weighted by molar-refractivity contribution is -0.118. The number of halogens is 1. The largest absolute Gasteiger partial charge is 0.398 e. The van der Waals surface area contributed by atoms with Crippen LogP contribution in [0.4, 0.5) is 5.69 Å². The minimum Gasteiger partial charge on any atom is -0.398 e. The van der Waals surface area contributed by atoms with Crippen molar-refractivity contribution in [1.82, 2.24) is 4.98 Å². The highest BCUT2D eigenvalue weighted by molar-refractivity contribution is 6.17. The van der Waals surface area contributed by atoms with Gasteiger partial charge in [-0.1, -0.05) is 0 Å². The van der Waals surface area contributed by atoms with Crippen LogP contribution in [0, 0.1) is 0 Å². The van der Waals surface area contributed by atoms with Crippen LogP contribution in [0.5, 0.6) is 0 Å². The monoisotopic (exact) mass is 212 g/mol. The average molecular weight is 213 g/mol. The van der Waals surface area contributed by atoms with E-state index in [1.165, 1.54) is 0 Å². The van der Waals surface area contributed by atoms with E-state index in [1.54, 1.807) is 18.5 Å². The highest BCUT2D eigenvalue weighted by Gasteiger charge is 2.05. The number of aromatic nitrogens is 1. The minimum atomic E-state index is 0.158. The summed E-state index contributed by atoms with van der Waals surface area (Å²) in [4.78, 5) is 15.3. The molecule has 0 atom stereocenters. The molecule has 0 aliphatic carbocycles. The Hall–Kier alpha value is -1.09. The number of nitrogens with zero attached hydrogens (tertiary/aromatic N) is 1. The maximum absolute atomic E-state index is 11.4. The van der Waals surface area contributed by atoms with Gasteiger partial charge in [0.25, 0.3) is 0 Å². The predicted molar refractivity (Wildman–Crippen MR) is 57.3 cm³/mol. The van der Waals surface area contributed by atoms with E-state index in [2.05, 4.69) is 4.98 Å². The van der Waals surface area contributed by atoms with E-state index in [4.69, 9.17) is 17.3 Å². The first-order valence-electron chi connectivity index (χ1n) is 4.50. The summed E-state index contributed by atoms with van der Waals surface area (Å²) in [5.74, 6) is 0.680. The number of rotatable bonds is 5. The number of hydrogen-bond acceptors (Lipinski definition) is 3. The first-order valence-corrected chi connectivity index (χ1v) is 5.03. The number of hydrogen-bond donors (Lipinski definition) is 1. The minimum absolute atomic E-state index is 0.158. The Bertz CT molecular complexity index is 315. The van der Waals surface area contributed by atoms with Crippen LogP contribution in [0.2, 0.25) is 0 Å². The van der Waals surface area contributed by atoms with Gasteiger partial charge in [0.1, 0.15) is 5.78 Å². The average Bonchev–Trinajstić information content (AvgIpc) is 2.18. The lowest BCUT2D eigenvalue weighted by atomic mass is 10.1. The normalized spacial score (nSPS) is 10.1. The van der Waals surface area contributed by atoms with Crippen molar-refractivity contribution in [1.29, 1.82) is 0 Å². The number of nitrogen functional groups attached to an aromatic ring is 1. The summed E-state index contributed by atoms with van der Waals surface area (Å²) in [6.45, 7) is 0.